The minimum atomic E-state index is 0.0206. The summed E-state index contributed by atoms with van der Waals surface area (Å²) < 4.78 is 18.5. The van der Waals surface area contributed by atoms with Gasteiger partial charge in [0.25, 0.3) is 0 Å². The van der Waals surface area contributed by atoms with Gasteiger partial charge in [-0.1, -0.05) is 119 Å². The molecule has 0 aliphatic carbocycles. The van der Waals surface area contributed by atoms with Crippen molar-refractivity contribution >= 4 is 109 Å². The minimum absolute atomic E-state index is 0.0206. The first-order chi connectivity index (χ1) is 34.1. The van der Waals surface area contributed by atoms with Crippen LogP contribution in [0.1, 0.15) is 111 Å². The molecular weight excluding hydrogens is 879 g/mol. The molecule has 0 atom stereocenters. The molecule has 354 valence electrons. The molecule has 0 fully saturated rings. The highest BCUT2D eigenvalue weighted by Gasteiger charge is 2.25. The van der Waals surface area contributed by atoms with E-state index in [4.69, 9.17) is 8.83 Å². The molecule has 0 radical (unpaired) electrons. The van der Waals surface area contributed by atoms with Crippen molar-refractivity contribution in [3.05, 3.63) is 167 Å². The summed E-state index contributed by atoms with van der Waals surface area (Å²) in [5.74, 6) is 0. The van der Waals surface area contributed by atoms with Crippen molar-refractivity contribution in [1.82, 2.24) is 9.13 Å². The molecule has 0 spiro atoms. The monoisotopic (exact) mass is 937 g/mol. The summed E-state index contributed by atoms with van der Waals surface area (Å²) in [4.78, 5) is 0. The molecule has 4 heterocycles. The normalized spacial score (nSPS) is 13.3. The van der Waals surface area contributed by atoms with Gasteiger partial charge in [0.1, 0.15) is 11.2 Å². The van der Waals surface area contributed by atoms with Gasteiger partial charge in [0, 0.05) is 54.5 Å². The Balaban J connectivity index is 0.961. The number of rotatable bonds is 2. The van der Waals surface area contributed by atoms with Crippen LogP contribution in [0.3, 0.4) is 0 Å². The second kappa shape index (κ2) is 14.6. The first-order valence-electron chi connectivity index (χ1n) is 25.4. The zero-order valence-corrected chi connectivity index (χ0v) is 43.4. The maximum absolute atomic E-state index is 10.8. The zero-order valence-electron chi connectivity index (χ0n) is 43.4. The van der Waals surface area contributed by atoms with Gasteiger partial charge in [0.2, 0.25) is 0 Å². The van der Waals surface area contributed by atoms with Crippen LogP contribution in [-0.2, 0) is 21.7 Å². The molecule has 0 saturated heterocycles. The minimum Gasteiger partial charge on any atom is -0.452 e. The van der Waals surface area contributed by atoms with Gasteiger partial charge in [-0.05, 0) is 169 Å². The van der Waals surface area contributed by atoms with Crippen LogP contribution in [0, 0.1) is 11.3 Å². The predicted molar refractivity (Wildman–Crippen MR) is 304 cm³/mol. The number of furan rings is 2. The van der Waals surface area contributed by atoms with Crippen LogP contribution >= 0.6 is 0 Å². The summed E-state index contributed by atoms with van der Waals surface area (Å²) in [7, 11) is 0. The van der Waals surface area contributed by atoms with Crippen molar-refractivity contribution in [2.75, 3.05) is 0 Å². The molecule has 4 aromatic heterocycles. The van der Waals surface area contributed by atoms with Crippen LogP contribution in [0.25, 0.3) is 120 Å². The summed E-state index contributed by atoms with van der Waals surface area (Å²) in [5.41, 5.74) is 15.6. The third kappa shape index (κ3) is 6.57. The summed E-state index contributed by atoms with van der Waals surface area (Å²) in [6.07, 6.45) is 0. The molecule has 0 amide bonds. The largest absolute Gasteiger partial charge is 0.452 e. The lowest BCUT2D eigenvalue weighted by atomic mass is 9.85. The highest BCUT2D eigenvalue weighted by atomic mass is 16.4. The molecule has 0 aliphatic heterocycles. The standard InChI is InChI=1S/C67H59N3O2/c1-64(2,3)42-15-21-55-48(32-42)49-33-43(65(4,5)6)16-22-56(49)69(55)46-19-13-37-27-52-53-29-41(36-68)61-54-28-38-14-20-47(26-40(38)31-60(54)72-63(61)62(53)71-59(52)30-39(37)25-46)70-57-23-17-44(66(7,8)9)34-50(57)51-35-45(67(10,11)12)18-24-58(51)70/h13-35H,1-12H3. The van der Waals surface area contributed by atoms with Crippen molar-refractivity contribution in [2.24, 2.45) is 0 Å². The predicted octanol–water partition coefficient (Wildman–Crippen LogP) is 19.0. The average molecular weight is 938 g/mol. The third-order valence-corrected chi connectivity index (χ3v) is 15.7. The summed E-state index contributed by atoms with van der Waals surface area (Å²) >= 11 is 0. The second-order valence-corrected chi connectivity index (χ2v) is 24.7. The van der Waals surface area contributed by atoms with Crippen molar-refractivity contribution in [2.45, 2.75) is 105 Å². The number of benzene rings is 9. The van der Waals surface area contributed by atoms with Crippen molar-refractivity contribution < 1.29 is 8.83 Å². The fourth-order valence-corrected chi connectivity index (χ4v) is 11.5. The Hall–Kier alpha value is -7.81. The number of nitrogens with zero attached hydrogens (tertiary/aromatic N) is 3. The van der Waals surface area contributed by atoms with Crippen molar-refractivity contribution in [1.29, 1.82) is 5.26 Å². The van der Waals surface area contributed by atoms with Gasteiger partial charge in [-0.25, -0.2) is 0 Å². The van der Waals surface area contributed by atoms with Gasteiger partial charge in [0.15, 0.2) is 11.2 Å². The quantitative estimate of drug-likeness (QED) is 0.173. The van der Waals surface area contributed by atoms with Gasteiger partial charge >= 0.3 is 0 Å². The maximum atomic E-state index is 10.8. The lowest BCUT2D eigenvalue weighted by Crippen LogP contribution is -2.10. The van der Waals surface area contributed by atoms with Gasteiger partial charge in [-0.2, -0.15) is 5.26 Å². The molecule has 0 aliphatic rings. The summed E-state index contributed by atoms with van der Waals surface area (Å²) in [6, 6.07) is 54.4. The molecule has 0 unspecified atom stereocenters. The van der Waals surface area contributed by atoms with E-state index in [-0.39, 0.29) is 21.7 Å². The van der Waals surface area contributed by atoms with Gasteiger partial charge in [-0.3, -0.25) is 0 Å². The van der Waals surface area contributed by atoms with E-state index in [0.717, 1.165) is 65.6 Å². The van der Waals surface area contributed by atoms with E-state index in [2.05, 4.69) is 232 Å². The first-order valence-corrected chi connectivity index (χ1v) is 25.4. The van der Waals surface area contributed by atoms with E-state index in [1.807, 2.05) is 6.07 Å². The average Bonchev–Trinajstić information content (AvgIpc) is 4.07. The van der Waals surface area contributed by atoms with Gasteiger partial charge in [-0.15, -0.1) is 0 Å². The van der Waals surface area contributed by atoms with Crippen LogP contribution in [0.15, 0.2) is 148 Å². The Morgan fingerprint density at radius 3 is 1.11 bits per heavy atom. The molecule has 0 bridgehead atoms. The Morgan fingerprint density at radius 2 is 0.722 bits per heavy atom. The van der Waals surface area contributed by atoms with E-state index in [1.165, 1.54) is 65.9 Å². The van der Waals surface area contributed by atoms with Gasteiger partial charge in [0.05, 0.1) is 33.7 Å². The van der Waals surface area contributed by atoms with Crippen LogP contribution in [0.5, 0.6) is 0 Å². The highest BCUT2D eigenvalue weighted by Crippen LogP contribution is 2.45. The number of hydrogen-bond donors (Lipinski definition) is 0. The maximum Gasteiger partial charge on any atom is 0.179 e. The fourth-order valence-electron chi connectivity index (χ4n) is 11.5. The number of hydrogen-bond acceptors (Lipinski definition) is 3. The SMILES string of the molecule is CC(C)(C)c1ccc2c(c1)c1cc(C(C)(C)C)ccc1n2-c1ccc2cc3c(cc2c1)oc1c3cc(C#N)c2c3cc4ccc(-n5c6ccc(C(C)(C)C)cc6c6cc(C(C)(C)C)ccc65)cc4cc3oc12. The topological polar surface area (TPSA) is 59.9 Å². The van der Waals surface area contributed by atoms with E-state index in [1.54, 1.807) is 0 Å². The van der Waals surface area contributed by atoms with Crippen LogP contribution in [0.2, 0.25) is 0 Å². The zero-order chi connectivity index (χ0) is 50.1. The van der Waals surface area contributed by atoms with Gasteiger partial charge < -0.3 is 18.0 Å². The smallest absolute Gasteiger partial charge is 0.179 e. The molecule has 13 aromatic rings. The number of aromatic nitrogens is 2. The Labute approximate surface area is 419 Å². The molecule has 9 aromatic carbocycles. The highest BCUT2D eigenvalue weighted by molar-refractivity contribution is 6.23. The van der Waals surface area contributed by atoms with Crippen LogP contribution in [-0.4, -0.2) is 9.13 Å². The molecule has 5 nitrogen and oxygen atoms in total. The second-order valence-electron chi connectivity index (χ2n) is 24.7. The lowest BCUT2D eigenvalue weighted by Gasteiger charge is -2.19. The molecule has 0 N–H and O–H groups in total. The summed E-state index contributed by atoms with van der Waals surface area (Å²) in [6.45, 7) is 27.4. The fraction of sp³-hybridized carbons (Fsp3) is 0.239. The number of nitriles is 1. The van der Waals surface area contributed by atoms with E-state index >= 15 is 0 Å². The Morgan fingerprint density at radius 1 is 0.347 bits per heavy atom. The molecule has 13 rings (SSSR count). The lowest BCUT2D eigenvalue weighted by molar-refractivity contribution is 0.590. The molecular formula is C67H59N3O2. The molecule has 5 heteroatoms. The Bertz CT molecular complexity index is 4400. The first kappa shape index (κ1) is 44.2. The molecule has 0 saturated carbocycles. The third-order valence-electron chi connectivity index (χ3n) is 15.7. The summed E-state index contributed by atoms with van der Waals surface area (Å²) in [5, 5.41) is 23.6. The molecule has 72 heavy (non-hydrogen) atoms. The van der Waals surface area contributed by atoms with Crippen LogP contribution < -0.4 is 0 Å². The Kier molecular flexibility index (Phi) is 8.98. The van der Waals surface area contributed by atoms with Crippen LogP contribution in [0.4, 0.5) is 0 Å². The van der Waals surface area contributed by atoms with Crippen molar-refractivity contribution in [3.8, 4) is 17.4 Å². The van der Waals surface area contributed by atoms with E-state index in [9.17, 15) is 5.26 Å². The van der Waals surface area contributed by atoms with E-state index < -0.39 is 0 Å². The number of fused-ring (bicyclic) bond motifs is 15. The van der Waals surface area contributed by atoms with Crippen molar-refractivity contribution in [3.63, 3.8) is 0 Å². The van der Waals surface area contributed by atoms with E-state index in [0.29, 0.717) is 16.7 Å².